The molecule has 0 spiro atoms. The highest BCUT2D eigenvalue weighted by Gasteiger charge is 2.22. The summed E-state index contributed by atoms with van der Waals surface area (Å²) in [5, 5.41) is 2.64. The van der Waals surface area contributed by atoms with Crippen LogP contribution in [-0.4, -0.2) is 38.8 Å². The summed E-state index contributed by atoms with van der Waals surface area (Å²) in [5.74, 6) is 0.152. The minimum Gasteiger partial charge on any atom is -0.493 e. The Morgan fingerprint density at radius 3 is 2.64 bits per heavy atom. The first-order chi connectivity index (χ1) is 12.2. The number of rotatable bonds is 5. The fourth-order valence-corrected chi connectivity index (χ4v) is 2.32. The third-order valence-corrected chi connectivity index (χ3v) is 3.46. The molecule has 130 valence electrons. The van der Waals surface area contributed by atoms with E-state index in [1.165, 1.54) is 19.2 Å². The Labute approximate surface area is 144 Å². The Hall–Kier alpha value is -3.22. The van der Waals surface area contributed by atoms with Gasteiger partial charge < -0.3 is 24.3 Å². The lowest BCUT2D eigenvalue weighted by Crippen LogP contribution is -2.21. The molecule has 0 aliphatic carbocycles. The molecule has 1 aliphatic heterocycles. The summed E-state index contributed by atoms with van der Waals surface area (Å²) < 4.78 is 21.2. The summed E-state index contributed by atoms with van der Waals surface area (Å²) in [6.07, 6.45) is 0. The number of para-hydroxylation sites is 1. The molecule has 1 N–H and O–H groups in total. The van der Waals surface area contributed by atoms with Gasteiger partial charge in [-0.3, -0.25) is 4.79 Å². The van der Waals surface area contributed by atoms with E-state index in [1.54, 1.807) is 24.3 Å². The van der Waals surface area contributed by atoms with Gasteiger partial charge in [-0.05, 0) is 24.3 Å². The molecule has 1 amide bonds. The van der Waals surface area contributed by atoms with Crippen molar-refractivity contribution in [1.82, 2.24) is 0 Å². The van der Waals surface area contributed by atoms with Crippen molar-refractivity contribution in [3.8, 4) is 17.2 Å². The molecule has 2 aromatic carbocycles. The second-order valence-corrected chi connectivity index (χ2v) is 5.19. The zero-order valence-electron chi connectivity index (χ0n) is 13.6. The number of hydrogen-bond acceptors (Lipinski definition) is 6. The van der Waals surface area contributed by atoms with E-state index in [0.29, 0.717) is 36.1 Å². The van der Waals surface area contributed by atoms with Crippen molar-refractivity contribution in [2.24, 2.45) is 0 Å². The number of amides is 1. The molecular formula is C18H17NO6. The number of ether oxygens (including phenoxy) is 4. The van der Waals surface area contributed by atoms with Gasteiger partial charge in [-0.25, -0.2) is 4.79 Å². The Bertz CT molecular complexity index is 757. The first kappa shape index (κ1) is 16.6. The standard InChI is InChI=1S/C18H17NO6/c1-22-14-9-12(10-15-17(14)24-8-7-23-15)18(21)25-11-16(20)19-13-5-3-2-4-6-13/h2-6,9-10H,7-8,11H2,1H3,(H,19,20). The molecule has 7 nitrogen and oxygen atoms in total. The molecular weight excluding hydrogens is 326 g/mol. The second-order valence-electron chi connectivity index (χ2n) is 5.19. The smallest absolute Gasteiger partial charge is 0.338 e. The van der Waals surface area contributed by atoms with E-state index in [4.69, 9.17) is 18.9 Å². The van der Waals surface area contributed by atoms with E-state index >= 15 is 0 Å². The summed E-state index contributed by atoms with van der Waals surface area (Å²) in [6.45, 7) is 0.394. The lowest BCUT2D eigenvalue weighted by Gasteiger charge is -2.21. The highest BCUT2D eigenvalue weighted by molar-refractivity contribution is 5.96. The van der Waals surface area contributed by atoms with Crippen molar-refractivity contribution < 1.29 is 28.5 Å². The third kappa shape index (κ3) is 4.00. The van der Waals surface area contributed by atoms with Crippen LogP contribution in [0.2, 0.25) is 0 Å². The lowest BCUT2D eigenvalue weighted by molar-refractivity contribution is -0.119. The summed E-state index contributed by atoms with van der Waals surface area (Å²) >= 11 is 0. The number of hydrogen-bond donors (Lipinski definition) is 1. The summed E-state index contributed by atoms with van der Waals surface area (Å²) in [6, 6.07) is 11.9. The predicted octanol–water partition coefficient (Wildman–Crippen LogP) is 2.26. The average molecular weight is 343 g/mol. The van der Waals surface area contributed by atoms with Crippen LogP contribution in [-0.2, 0) is 9.53 Å². The van der Waals surface area contributed by atoms with Crippen LogP contribution in [0.15, 0.2) is 42.5 Å². The van der Waals surface area contributed by atoms with Gasteiger partial charge in [0.2, 0.25) is 5.75 Å². The minimum absolute atomic E-state index is 0.216. The lowest BCUT2D eigenvalue weighted by atomic mass is 10.1. The number of carbonyl (C=O) groups excluding carboxylic acids is 2. The monoisotopic (exact) mass is 343 g/mol. The molecule has 0 radical (unpaired) electrons. The van der Waals surface area contributed by atoms with E-state index in [2.05, 4.69) is 5.32 Å². The SMILES string of the molecule is COc1cc(C(=O)OCC(=O)Nc2ccccc2)cc2c1OCCO2. The second kappa shape index (κ2) is 7.57. The molecule has 1 aliphatic rings. The van der Waals surface area contributed by atoms with Gasteiger partial charge in [-0.15, -0.1) is 0 Å². The number of fused-ring (bicyclic) bond motifs is 1. The van der Waals surface area contributed by atoms with Crippen molar-refractivity contribution in [2.45, 2.75) is 0 Å². The Morgan fingerprint density at radius 2 is 1.88 bits per heavy atom. The Kier molecular flexibility index (Phi) is 5.03. The highest BCUT2D eigenvalue weighted by Crippen LogP contribution is 2.40. The molecule has 0 unspecified atom stereocenters. The summed E-state index contributed by atoms with van der Waals surface area (Å²) in [4.78, 5) is 24.0. The largest absolute Gasteiger partial charge is 0.493 e. The maximum absolute atomic E-state index is 12.2. The Morgan fingerprint density at radius 1 is 1.12 bits per heavy atom. The molecule has 0 fully saturated rings. The van der Waals surface area contributed by atoms with Crippen molar-refractivity contribution in [3.63, 3.8) is 0 Å². The van der Waals surface area contributed by atoms with Crippen molar-refractivity contribution in [3.05, 3.63) is 48.0 Å². The maximum Gasteiger partial charge on any atom is 0.338 e. The van der Waals surface area contributed by atoms with Crippen molar-refractivity contribution in [2.75, 3.05) is 32.2 Å². The summed E-state index contributed by atoms with van der Waals surface area (Å²) in [5.41, 5.74) is 0.846. The van der Waals surface area contributed by atoms with Gasteiger partial charge in [0.15, 0.2) is 18.1 Å². The van der Waals surface area contributed by atoms with Crippen LogP contribution in [0.3, 0.4) is 0 Å². The first-order valence-corrected chi connectivity index (χ1v) is 7.67. The van der Waals surface area contributed by atoms with E-state index in [-0.39, 0.29) is 5.56 Å². The molecule has 2 aromatic rings. The molecule has 25 heavy (non-hydrogen) atoms. The molecule has 0 saturated carbocycles. The third-order valence-electron chi connectivity index (χ3n) is 3.46. The van der Waals surface area contributed by atoms with Crippen LogP contribution < -0.4 is 19.5 Å². The topological polar surface area (TPSA) is 83.1 Å². The predicted molar refractivity (Wildman–Crippen MR) is 89.3 cm³/mol. The summed E-state index contributed by atoms with van der Waals surface area (Å²) in [7, 11) is 1.47. The fraction of sp³-hybridized carbons (Fsp3) is 0.222. The van der Waals surface area contributed by atoms with Crippen LogP contribution in [0.4, 0.5) is 5.69 Å². The first-order valence-electron chi connectivity index (χ1n) is 7.67. The van der Waals surface area contributed by atoms with Gasteiger partial charge >= 0.3 is 5.97 Å². The molecule has 0 atom stereocenters. The maximum atomic E-state index is 12.2. The van der Waals surface area contributed by atoms with Gasteiger partial charge in [0.1, 0.15) is 13.2 Å². The number of anilines is 1. The zero-order valence-corrected chi connectivity index (χ0v) is 13.6. The van der Waals surface area contributed by atoms with Crippen LogP contribution in [0.5, 0.6) is 17.2 Å². The highest BCUT2D eigenvalue weighted by atomic mass is 16.6. The molecule has 0 bridgehead atoms. The van der Waals surface area contributed by atoms with Gasteiger partial charge in [-0.2, -0.15) is 0 Å². The number of carbonyl (C=O) groups is 2. The quantitative estimate of drug-likeness (QED) is 0.839. The normalized spacial score (nSPS) is 12.2. The Balaban J connectivity index is 1.64. The number of benzene rings is 2. The van der Waals surface area contributed by atoms with Crippen molar-refractivity contribution in [1.29, 1.82) is 0 Å². The van der Waals surface area contributed by atoms with E-state index < -0.39 is 18.5 Å². The van der Waals surface area contributed by atoms with Crippen LogP contribution in [0.1, 0.15) is 10.4 Å². The molecule has 7 heteroatoms. The van der Waals surface area contributed by atoms with Gasteiger partial charge in [0.05, 0.1) is 12.7 Å². The molecule has 1 heterocycles. The van der Waals surface area contributed by atoms with Crippen molar-refractivity contribution >= 4 is 17.6 Å². The van der Waals surface area contributed by atoms with Gasteiger partial charge in [-0.1, -0.05) is 18.2 Å². The molecule has 3 rings (SSSR count). The number of methoxy groups -OCH3 is 1. The molecule has 0 aromatic heterocycles. The molecule has 0 saturated heterocycles. The minimum atomic E-state index is -0.654. The van der Waals surface area contributed by atoms with Crippen LogP contribution in [0, 0.1) is 0 Å². The number of nitrogens with one attached hydrogen (secondary N) is 1. The van der Waals surface area contributed by atoms with E-state index in [9.17, 15) is 9.59 Å². The van der Waals surface area contributed by atoms with E-state index in [0.717, 1.165) is 0 Å². The zero-order chi connectivity index (χ0) is 17.6. The van der Waals surface area contributed by atoms with Crippen LogP contribution in [0.25, 0.3) is 0 Å². The van der Waals surface area contributed by atoms with Gasteiger partial charge in [0.25, 0.3) is 5.91 Å². The number of esters is 1. The average Bonchev–Trinajstić information content (AvgIpc) is 2.66. The fourth-order valence-electron chi connectivity index (χ4n) is 2.32. The van der Waals surface area contributed by atoms with Gasteiger partial charge in [0, 0.05) is 5.69 Å². The van der Waals surface area contributed by atoms with E-state index in [1.807, 2.05) is 6.07 Å². The van der Waals surface area contributed by atoms with Crippen LogP contribution >= 0.6 is 0 Å².